The SMILES string of the molecule is Nc1sccc1C=P(c1ccccc1)(c1ccccc1)c1ccccc1. The minimum Gasteiger partial charge on any atom is -0.390 e. The van der Waals surface area contributed by atoms with Crippen LogP contribution in [0.5, 0.6) is 0 Å². The maximum Gasteiger partial charge on any atom is 0.0930 e. The van der Waals surface area contributed by atoms with Crippen molar-refractivity contribution in [1.29, 1.82) is 0 Å². The Morgan fingerprint density at radius 1 is 0.615 bits per heavy atom. The van der Waals surface area contributed by atoms with Crippen molar-refractivity contribution < 1.29 is 0 Å². The van der Waals surface area contributed by atoms with Crippen LogP contribution in [0.3, 0.4) is 0 Å². The van der Waals surface area contributed by atoms with E-state index in [1.807, 2.05) is 0 Å². The van der Waals surface area contributed by atoms with E-state index in [9.17, 15) is 0 Å². The predicted molar refractivity (Wildman–Crippen MR) is 119 cm³/mol. The third-order valence-corrected chi connectivity index (χ3v) is 9.32. The average Bonchev–Trinajstić information content (AvgIpc) is 3.12. The predicted octanol–water partition coefficient (Wildman–Crippen LogP) is 4.47. The van der Waals surface area contributed by atoms with Gasteiger partial charge in [0, 0.05) is 5.56 Å². The van der Waals surface area contributed by atoms with Gasteiger partial charge in [0.1, 0.15) is 0 Å². The summed E-state index contributed by atoms with van der Waals surface area (Å²) < 4.78 is 0. The van der Waals surface area contributed by atoms with Crippen LogP contribution in [0.15, 0.2) is 102 Å². The lowest BCUT2D eigenvalue weighted by molar-refractivity contribution is 1.73. The van der Waals surface area contributed by atoms with E-state index in [-0.39, 0.29) is 0 Å². The summed E-state index contributed by atoms with van der Waals surface area (Å²) in [6, 6.07) is 34.6. The first kappa shape index (κ1) is 16.9. The van der Waals surface area contributed by atoms with Crippen LogP contribution >= 0.6 is 18.2 Å². The number of nitrogens with two attached hydrogens (primary N) is 1. The molecule has 4 rings (SSSR count). The quantitative estimate of drug-likeness (QED) is 0.525. The van der Waals surface area contributed by atoms with Gasteiger partial charge in [-0.25, -0.2) is 0 Å². The fourth-order valence-corrected chi connectivity index (χ4v) is 7.93. The van der Waals surface area contributed by atoms with Crippen molar-refractivity contribution in [2.45, 2.75) is 0 Å². The zero-order chi connectivity index (χ0) is 17.8. The van der Waals surface area contributed by atoms with Crippen LogP contribution in [0.4, 0.5) is 5.00 Å². The molecule has 0 spiro atoms. The fraction of sp³-hybridized carbons (Fsp3) is 0. The largest absolute Gasteiger partial charge is 0.390 e. The molecular weight excluding hydrogens is 353 g/mol. The topological polar surface area (TPSA) is 26.0 Å². The molecule has 0 amide bonds. The second kappa shape index (κ2) is 7.37. The van der Waals surface area contributed by atoms with Gasteiger partial charge in [0.25, 0.3) is 0 Å². The van der Waals surface area contributed by atoms with E-state index in [0.717, 1.165) is 10.6 Å². The molecule has 0 saturated heterocycles. The first-order valence-corrected chi connectivity index (χ1v) is 11.3. The number of thiophene rings is 1. The van der Waals surface area contributed by atoms with Gasteiger partial charge < -0.3 is 5.73 Å². The molecule has 1 aromatic heterocycles. The maximum atomic E-state index is 6.29. The van der Waals surface area contributed by atoms with Gasteiger partial charge in [0.2, 0.25) is 0 Å². The first-order chi connectivity index (χ1) is 12.8. The molecule has 0 saturated carbocycles. The molecule has 0 aliphatic rings. The van der Waals surface area contributed by atoms with Crippen LogP contribution in [-0.4, -0.2) is 5.80 Å². The van der Waals surface area contributed by atoms with Crippen molar-refractivity contribution in [3.05, 3.63) is 108 Å². The third kappa shape index (κ3) is 3.03. The molecule has 128 valence electrons. The van der Waals surface area contributed by atoms with E-state index in [2.05, 4.69) is 108 Å². The third-order valence-electron chi connectivity index (χ3n) is 4.55. The van der Waals surface area contributed by atoms with Gasteiger partial charge in [-0.2, -0.15) is 0 Å². The highest BCUT2D eigenvalue weighted by Gasteiger charge is 2.25. The van der Waals surface area contributed by atoms with Gasteiger partial charge in [-0.3, -0.25) is 0 Å². The second-order valence-electron chi connectivity index (χ2n) is 6.10. The molecule has 3 heteroatoms. The van der Waals surface area contributed by atoms with Crippen LogP contribution in [-0.2, 0) is 0 Å². The number of benzene rings is 3. The van der Waals surface area contributed by atoms with E-state index >= 15 is 0 Å². The molecule has 1 nitrogen and oxygen atoms in total. The highest BCUT2D eigenvalue weighted by atomic mass is 32.1. The number of rotatable bonds is 4. The van der Waals surface area contributed by atoms with E-state index in [1.54, 1.807) is 11.3 Å². The van der Waals surface area contributed by atoms with Crippen molar-refractivity contribution in [2.24, 2.45) is 0 Å². The highest BCUT2D eigenvalue weighted by molar-refractivity contribution is 7.94. The van der Waals surface area contributed by atoms with Crippen LogP contribution in [0.1, 0.15) is 5.56 Å². The number of hydrogen-bond donors (Lipinski definition) is 1. The molecule has 0 unspecified atom stereocenters. The summed E-state index contributed by atoms with van der Waals surface area (Å²) in [7, 11) is 0. The van der Waals surface area contributed by atoms with Crippen LogP contribution < -0.4 is 21.6 Å². The zero-order valence-corrected chi connectivity index (χ0v) is 16.0. The summed E-state index contributed by atoms with van der Waals surface area (Å²) in [5.41, 5.74) is 7.41. The standard InChI is InChI=1S/C23H20NPS/c24-23-19(16-17-26-23)18-25(20-10-4-1-5-11-20,21-12-6-2-7-13-21)22-14-8-3-9-15-22/h1-18H,24H2. The number of nitrogen functional groups attached to an aromatic ring is 1. The van der Waals surface area contributed by atoms with Gasteiger partial charge >= 0.3 is 0 Å². The lowest BCUT2D eigenvalue weighted by Gasteiger charge is -2.28. The molecule has 0 aliphatic heterocycles. The molecule has 0 aliphatic carbocycles. The van der Waals surface area contributed by atoms with Crippen molar-refractivity contribution >= 4 is 44.9 Å². The summed E-state index contributed by atoms with van der Waals surface area (Å²) in [5, 5.41) is 6.95. The normalized spacial score (nSPS) is 11.2. The summed E-state index contributed by atoms with van der Waals surface area (Å²) >= 11 is 1.59. The molecule has 4 aromatic rings. The molecule has 0 fully saturated rings. The molecule has 2 N–H and O–H groups in total. The monoisotopic (exact) mass is 373 g/mol. The molecule has 0 radical (unpaired) electrons. The molecule has 1 heterocycles. The fourth-order valence-electron chi connectivity index (χ4n) is 3.31. The van der Waals surface area contributed by atoms with Crippen molar-refractivity contribution in [3.8, 4) is 0 Å². The van der Waals surface area contributed by atoms with E-state index in [0.29, 0.717) is 0 Å². The Morgan fingerprint density at radius 3 is 1.38 bits per heavy atom. The van der Waals surface area contributed by atoms with E-state index in [4.69, 9.17) is 5.73 Å². The Kier molecular flexibility index (Phi) is 4.79. The van der Waals surface area contributed by atoms with Gasteiger partial charge in [-0.05, 0) is 40.0 Å². The number of hydrogen-bond acceptors (Lipinski definition) is 2. The van der Waals surface area contributed by atoms with Crippen molar-refractivity contribution in [3.63, 3.8) is 0 Å². The first-order valence-electron chi connectivity index (χ1n) is 8.55. The van der Waals surface area contributed by atoms with Crippen molar-refractivity contribution in [2.75, 3.05) is 5.73 Å². The molecular formula is C23H20NPS. The lowest BCUT2D eigenvalue weighted by atomic mass is 10.3. The number of anilines is 1. The zero-order valence-electron chi connectivity index (χ0n) is 14.3. The highest BCUT2D eigenvalue weighted by Crippen LogP contribution is 2.45. The smallest absolute Gasteiger partial charge is 0.0930 e. The summed E-state index contributed by atoms with van der Waals surface area (Å²) in [6.45, 7) is -1.97. The summed E-state index contributed by atoms with van der Waals surface area (Å²) in [4.78, 5) is 0. The average molecular weight is 373 g/mol. The minimum absolute atomic E-state index is 0.872. The Hall–Kier alpha value is -2.54. The van der Waals surface area contributed by atoms with Gasteiger partial charge in [0.05, 0.1) is 5.00 Å². The Bertz CT molecular complexity index is 934. The Balaban J connectivity index is 2.15. The van der Waals surface area contributed by atoms with E-state index < -0.39 is 6.89 Å². The summed E-state index contributed by atoms with van der Waals surface area (Å²) in [5.74, 6) is 2.42. The van der Waals surface area contributed by atoms with Gasteiger partial charge in [-0.15, -0.1) is 11.3 Å². The summed E-state index contributed by atoms with van der Waals surface area (Å²) in [6.07, 6.45) is 0. The van der Waals surface area contributed by atoms with Crippen LogP contribution in [0.2, 0.25) is 0 Å². The maximum absolute atomic E-state index is 6.29. The van der Waals surface area contributed by atoms with Crippen LogP contribution in [0, 0.1) is 0 Å². The minimum atomic E-state index is -1.97. The molecule has 0 bridgehead atoms. The van der Waals surface area contributed by atoms with Crippen molar-refractivity contribution in [1.82, 2.24) is 0 Å². The van der Waals surface area contributed by atoms with Gasteiger partial charge in [0.15, 0.2) is 0 Å². The second-order valence-corrected chi connectivity index (χ2v) is 10.3. The Labute approximate surface area is 158 Å². The lowest BCUT2D eigenvalue weighted by Crippen LogP contribution is -2.27. The molecule has 26 heavy (non-hydrogen) atoms. The molecule has 0 atom stereocenters. The van der Waals surface area contributed by atoms with E-state index in [1.165, 1.54) is 15.9 Å². The Morgan fingerprint density at radius 2 is 1.04 bits per heavy atom. The molecule has 3 aromatic carbocycles. The van der Waals surface area contributed by atoms with Gasteiger partial charge in [-0.1, -0.05) is 91.0 Å². The van der Waals surface area contributed by atoms with Crippen LogP contribution in [0.25, 0.3) is 0 Å².